The molecule has 0 radical (unpaired) electrons. The van der Waals surface area contributed by atoms with Gasteiger partial charge in [-0.15, -0.1) is 0 Å². The zero-order chi connectivity index (χ0) is 28.7. The molecular formula is C24H21ClF8O4S. The van der Waals surface area contributed by atoms with Crippen LogP contribution in [0.1, 0.15) is 36.0 Å². The van der Waals surface area contributed by atoms with Crippen molar-refractivity contribution in [1.82, 2.24) is 0 Å². The molecule has 14 heteroatoms. The highest BCUT2D eigenvalue weighted by atomic mass is 35.5. The van der Waals surface area contributed by atoms with Crippen LogP contribution in [0.3, 0.4) is 0 Å². The van der Waals surface area contributed by atoms with Crippen molar-refractivity contribution < 1.29 is 53.0 Å². The largest absolute Gasteiger partial charge is 0.463 e. The molecule has 0 aromatic heterocycles. The fourth-order valence-corrected chi connectivity index (χ4v) is 5.72. The van der Waals surface area contributed by atoms with Gasteiger partial charge < -0.3 is 9.47 Å². The van der Waals surface area contributed by atoms with Crippen LogP contribution in [0.25, 0.3) is 5.76 Å². The Morgan fingerprint density at radius 1 is 0.921 bits per heavy atom. The molecule has 0 aliphatic carbocycles. The van der Waals surface area contributed by atoms with Crippen LogP contribution in [0.5, 0.6) is 0 Å². The third kappa shape index (κ3) is 5.00. The molecule has 4 nitrogen and oxygen atoms in total. The van der Waals surface area contributed by atoms with Crippen LogP contribution in [-0.2, 0) is 19.3 Å². The zero-order valence-electron chi connectivity index (χ0n) is 19.7. The van der Waals surface area contributed by atoms with Gasteiger partial charge in [0.1, 0.15) is 10.7 Å². The summed E-state index contributed by atoms with van der Waals surface area (Å²) in [5.74, 6) is -16.7. The summed E-state index contributed by atoms with van der Waals surface area (Å²) < 4.78 is 151. The van der Waals surface area contributed by atoms with Crippen molar-refractivity contribution in [3.63, 3.8) is 0 Å². The number of benzene rings is 2. The fourth-order valence-electron chi connectivity index (χ4n) is 3.85. The Morgan fingerprint density at radius 2 is 1.47 bits per heavy atom. The molecule has 0 fully saturated rings. The molecule has 2 aromatic carbocycles. The average Bonchev–Trinajstić information content (AvgIpc) is 2.83. The Labute approximate surface area is 218 Å². The topological polar surface area (TPSA) is 52.6 Å². The van der Waals surface area contributed by atoms with Crippen molar-refractivity contribution in [2.75, 3.05) is 6.61 Å². The molecule has 1 aliphatic heterocycles. The Balaban J connectivity index is 2.37. The van der Waals surface area contributed by atoms with Crippen LogP contribution in [0.2, 0.25) is 0 Å². The van der Waals surface area contributed by atoms with Gasteiger partial charge in [0.2, 0.25) is 6.29 Å². The minimum absolute atomic E-state index is 0.0146. The number of aryl methyl sites for hydroxylation is 1. The van der Waals surface area contributed by atoms with E-state index in [-0.39, 0.29) is 17.7 Å². The van der Waals surface area contributed by atoms with Gasteiger partial charge in [-0.05, 0) is 31.0 Å². The third-order valence-electron chi connectivity index (χ3n) is 5.83. The summed E-state index contributed by atoms with van der Waals surface area (Å²) in [5.41, 5.74) is 0.491. The highest BCUT2D eigenvalue weighted by molar-refractivity contribution is 7.96. The van der Waals surface area contributed by atoms with Gasteiger partial charge in [0.25, 0.3) is 9.84 Å². The zero-order valence-corrected chi connectivity index (χ0v) is 21.3. The number of allylic oxidation sites excluding steroid dienone is 1. The van der Waals surface area contributed by atoms with E-state index in [4.69, 9.17) is 9.47 Å². The number of sulfone groups is 1. The highest BCUT2D eigenvalue weighted by Crippen LogP contribution is 2.58. The Bertz CT molecular complexity index is 1280. The van der Waals surface area contributed by atoms with Crippen LogP contribution in [0.15, 0.2) is 59.5 Å². The molecule has 2 aromatic rings. The molecule has 0 saturated carbocycles. The summed E-state index contributed by atoms with van der Waals surface area (Å²) in [7, 11) is -6.86. The van der Waals surface area contributed by atoms with Crippen molar-refractivity contribution in [2.45, 2.75) is 55.0 Å². The molecular weight excluding hydrogens is 572 g/mol. The molecule has 2 atom stereocenters. The number of hydrogen-bond donors (Lipinski definition) is 0. The van der Waals surface area contributed by atoms with Crippen LogP contribution in [-0.4, -0.2) is 43.8 Å². The summed E-state index contributed by atoms with van der Waals surface area (Å²) in [5, 5.41) is -13.0. The van der Waals surface area contributed by atoms with E-state index in [0.717, 1.165) is 0 Å². The maximum absolute atomic E-state index is 15.1. The number of halogens is 9. The van der Waals surface area contributed by atoms with Gasteiger partial charge in [0.15, 0.2) is 0 Å². The second-order valence-corrected chi connectivity index (χ2v) is 10.9. The van der Waals surface area contributed by atoms with Gasteiger partial charge in [-0.3, -0.25) is 0 Å². The van der Waals surface area contributed by atoms with Gasteiger partial charge in [0, 0.05) is 24.5 Å². The molecule has 0 bridgehead atoms. The molecule has 38 heavy (non-hydrogen) atoms. The van der Waals surface area contributed by atoms with Gasteiger partial charge in [-0.1, -0.05) is 60.2 Å². The first-order valence-corrected chi connectivity index (χ1v) is 12.9. The normalized spacial score (nSPS) is 19.9. The van der Waals surface area contributed by atoms with Crippen molar-refractivity contribution in [3.8, 4) is 0 Å². The first kappa shape index (κ1) is 30.2. The van der Waals surface area contributed by atoms with E-state index in [1.54, 1.807) is 13.8 Å². The summed E-state index contributed by atoms with van der Waals surface area (Å²) in [4.78, 5) is -1.50. The molecule has 3 rings (SSSR count). The fraction of sp³-hybridized carbons (Fsp3) is 0.417. The van der Waals surface area contributed by atoms with E-state index in [2.05, 4.69) is 11.6 Å². The quantitative estimate of drug-likeness (QED) is 0.226. The standard InChI is InChI=1S/C24H21ClF8O4S/c1-3-36-18-13-17(15-11-9-14(2)10-12-15)20(19(37-18)16-7-5-4-6-8-16)38(34,35)24(32,33)22(28,29)21(26,27)23(25,30)31/h4-12,17-18H,3,13H2,1-2H3. The predicted octanol–water partition coefficient (Wildman–Crippen LogP) is 7.34. The van der Waals surface area contributed by atoms with Crippen molar-refractivity contribution in [2.24, 2.45) is 0 Å². The molecule has 0 saturated heterocycles. The van der Waals surface area contributed by atoms with Crippen LogP contribution < -0.4 is 0 Å². The van der Waals surface area contributed by atoms with E-state index in [1.807, 2.05) is 0 Å². The SMILES string of the molecule is CCOC1CC(c2ccc(C)cc2)C(S(=O)(=O)C(F)(F)C(F)(F)C(F)(F)C(F)(F)Cl)=C(c2ccccc2)O1. The van der Waals surface area contributed by atoms with E-state index < -0.39 is 61.6 Å². The van der Waals surface area contributed by atoms with E-state index in [9.17, 15) is 34.8 Å². The summed E-state index contributed by atoms with van der Waals surface area (Å²) >= 11 is 4.02. The molecule has 0 amide bonds. The Kier molecular flexibility index (Phi) is 8.18. The lowest BCUT2D eigenvalue weighted by Crippen LogP contribution is -2.63. The number of hydrogen-bond acceptors (Lipinski definition) is 4. The first-order valence-electron chi connectivity index (χ1n) is 11.0. The lowest BCUT2D eigenvalue weighted by molar-refractivity contribution is -0.326. The molecule has 2 unspecified atom stereocenters. The molecule has 1 heterocycles. The molecule has 210 valence electrons. The van der Waals surface area contributed by atoms with Gasteiger partial charge >= 0.3 is 22.5 Å². The van der Waals surface area contributed by atoms with Crippen molar-refractivity contribution in [1.29, 1.82) is 0 Å². The number of ether oxygens (including phenoxy) is 2. The van der Waals surface area contributed by atoms with Crippen LogP contribution in [0.4, 0.5) is 35.1 Å². The third-order valence-corrected chi connectivity index (χ3v) is 8.05. The van der Waals surface area contributed by atoms with Crippen molar-refractivity contribution >= 4 is 27.2 Å². The Hall–Kier alpha value is -2.38. The van der Waals surface area contributed by atoms with E-state index in [0.29, 0.717) is 5.56 Å². The number of alkyl halides is 9. The van der Waals surface area contributed by atoms with Crippen molar-refractivity contribution in [3.05, 3.63) is 76.2 Å². The maximum atomic E-state index is 15.1. The smallest absolute Gasteiger partial charge is 0.417 e. The van der Waals surface area contributed by atoms with Gasteiger partial charge in [0.05, 0.1) is 0 Å². The van der Waals surface area contributed by atoms with E-state index >= 15 is 8.78 Å². The lowest BCUT2D eigenvalue weighted by atomic mass is 9.91. The van der Waals surface area contributed by atoms with Crippen LogP contribution in [0, 0.1) is 6.92 Å². The minimum Gasteiger partial charge on any atom is -0.463 e. The van der Waals surface area contributed by atoms with E-state index in [1.165, 1.54) is 54.6 Å². The monoisotopic (exact) mass is 592 g/mol. The average molecular weight is 593 g/mol. The second-order valence-electron chi connectivity index (χ2n) is 8.43. The van der Waals surface area contributed by atoms with Crippen LogP contribution >= 0.6 is 11.6 Å². The molecule has 0 spiro atoms. The summed E-state index contributed by atoms with van der Waals surface area (Å²) in [6.45, 7) is 3.22. The number of rotatable bonds is 9. The minimum atomic E-state index is -7.15. The summed E-state index contributed by atoms with van der Waals surface area (Å²) in [6.07, 6.45) is -1.77. The highest BCUT2D eigenvalue weighted by Gasteiger charge is 2.84. The van der Waals surface area contributed by atoms with Gasteiger partial charge in [-0.2, -0.15) is 35.1 Å². The van der Waals surface area contributed by atoms with Gasteiger partial charge in [-0.25, -0.2) is 8.42 Å². The second kappa shape index (κ2) is 10.3. The molecule has 0 N–H and O–H groups in total. The Morgan fingerprint density at radius 3 is 1.97 bits per heavy atom. The first-order chi connectivity index (χ1) is 17.4. The maximum Gasteiger partial charge on any atom is 0.417 e. The lowest BCUT2D eigenvalue weighted by Gasteiger charge is -2.38. The summed E-state index contributed by atoms with van der Waals surface area (Å²) in [6, 6.07) is 12.1. The molecule has 1 aliphatic rings. The predicted molar refractivity (Wildman–Crippen MR) is 123 cm³/mol.